The lowest BCUT2D eigenvalue weighted by atomic mass is 10.1. The number of hydrogen-bond acceptors (Lipinski definition) is 6. The summed E-state index contributed by atoms with van der Waals surface area (Å²) >= 11 is 1.97. The molecule has 0 radical (unpaired) electrons. The van der Waals surface area contributed by atoms with Crippen molar-refractivity contribution in [3.8, 4) is 23.0 Å². The van der Waals surface area contributed by atoms with E-state index < -0.39 is 5.78 Å². The first-order valence-electron chi connectivity index (χ1n) is 8.08. The van der Waals surface area contributed by atoms with Crippen molar-refractivity contribution in [2.45, 2.75) is 0 Å². The first kappa shape index (κ1) is 21.4. The van der Waals surface area contributed by atoms with Crippen molar-refractivity contribution in [3.63, 3.8) is 0 Å². The van der Waals surface area contributed by atoms with Gasteiger partial charge < -0.3 is 24.8 Å². The molecule has 0 atom stereocenters. The summed E-state index contributed by atoms with van der Waals surface area (Å²) in [6.07, 6.45) is 6.88. The lowest BCUT2D eigenvalue weighted by molar-refractivity contribution is -0.110. The first-order chi connectivity index (χ1) is 13.3. The Kier molecular flexibility index (Phi) is 7.51. The summed E-state index contributed by atoms with van der Waals surface area (Å²) in [6, 6.07) is 8.00. The summed E-state index contributed by atoms with van der Waals surface area (Å²) in [4.78, 5) is 12.0. The summed E-state index contributed by atoms with van der Waals surface area (Å²) in [5.74, 6) is 0.0423. The van der Waals surface area contributed by atoms with Crippen LogP contribution >= 0.6 is 22.6 Å². The normalized spacial score (nSPS) is 11.9. The largest absolute Gasteiger partial charge is 0.508 e. The van der Waals surface area contributed by atoms with Crippen molar-refractivity contribution in [2.75, 3.05) is 14.2 Å². The van der Waals surface area contributed by atoms with Gasteiger partial charge in [-0.05, 0) is 70.1 Å². The van der Waals surface area contributed by atoms with Crippen LogP contribution in [0, 0.1) is 3.57 Å². The van der Waals surface area contributed by atoms with Crippen LogP contribution in [0.3, 0.4) is 0 Å². The van der Waals surface area contributed by atoms with Gasteiger partial charge in [-0.3, -0.25) is 4.79 Å². The minimum Gasteiger partial charge on any atom is -0.508 e. The number of allylic oxidation sites excluding steroid dienone is 3. The molecule has 6 nitrogen and oxygen atoms in total. The van der Waals surface area contributed by atoms with Gasteiger partial charge >= 0.3 is 0 Å². The van der Waals surface area contributed by atoms with E-state index in [9.17, 15) is 20.1 Å². The number of aliphatic hydroxyl groups excluding tert-OH is 1. The third-order valence-corrected chi connectivity index (χ3v) is 4.47. The number of benzene rings is 2. The monoisotopic (exact) mass is 494 g/mol. The predicted octanol–water partition coefficient (Wildman–Crippen LogP) is 4.46. The van der Waals surface area contributed by atoms with Gasteiger partial charge in [0.25, 0.3) is 0 Å². The lowest BCUT2D eigenvalue weighted by Crippen LogP contribution is -1.90. The lowest BCUT2D eigenvalue weighted by Gasteiger charge is -2.06. The average molecular weight is 494 g/mol. The van der Waals surface area contributed by atoms with Crippen LogP contribution in [-0.4, -0.2) is 35.3 Å². The molecular formula is C21H19IO6. The molecule has 0 aliphatic heterocycles. The fourth-order valence-electron chi connectivity index (χ4n) is 2.25. The zero-order chi connectivity index (χ0) is 20.7. The number of carbonyl (C=O) groups excluding carboxylic acids is 1. The number of phenolic OH excluding ortho intramolecular Hbond substituents is 2. The second kappa shape index (κ2) is 9.84. The molecule has 0 saturated heterocycles. The molecule has 28 heavy (non-hydrogen) atoms. The maximum absolute atomic E-state index is 12.0. The summed E-state index contributed by atoms with van der Waals surface area (Å²) in [7, 11) is 2.89. The van der Waals surface area contributed by atoms with Gasteiger partial charge in [0.05, 0.1) is 17.8 Å². The third kappa shape index (κ3) is 5.78. The highest BCUT2D eigenvalue weighted by Crippen LogP contribution is 2.32. The average Bonchev–Trinajstić information content (AvgIpc) is 2.68. The highest BCUT2D eigenvalue weighted by molar-refractivity contribution is 14.1. The SMILES string of the molecule is COc1cc(/C=C/C(=O)/C=C(O)/C=C/c2cc(I)c(O)c(OC)c2)ccc1O. The molecule has 0 unspecified atom stereocenters. The number of aromatic hydroxyl groups is 2. The minimum atomic E-state index is -0.410. The Bertz CT molecular complexity index is 960. The quantitative estimate of drug-likeness (QED) is 0.228. The van der Waals surface area contributed by atoms with Crippen LogP contribution in [-0.2, 0) is 4.79 Å². The number of carbonyl (C=O) groups is 1. The zero-order valence-electron chi connectivity index (χ0n) is 15.2. The maximum Gasteiger partial charge on any atom is 0.182 e. The molecule has 3 N–H and O–H groups in total. The van der Waals surface area contributed by atoms with E-state index in [0.29, 0.717) is 26.2 Å². The molecule has 0 aliphatic carbocycles. The van der Waals surface area contributed by atoms with Crippen LogP contribution in [0.15, 0.2) is 54.3 Å². The number of phenols is 2. The molecule has 0 amide bonds. The van der Waals surface area contributed by atoms with E-state index in [1.807, 2.05) is 22.6 Å². The van der Waals surface area contributed by atoms with Gasteiger partial charge in [0.2, 0.25) is 0 Å². The van der Waals surface area contributed by atoms with Crippen LogP contribution in [0.25, 0.3) is 12.2 Å². The molecule has 0 saturated carbocycles. The standard InChI is InChI=1S/C21H19IO6/c1-27-19-10-13(5-8-18(19)25)3-6-15(23)12-16(24)7-4-14-9-17(22)21(26)20(11-14)28-2/h3-12,24-26H,1-2H3/b6-3+,7-4+,16-12-. The van der Waals surface area contributed by atoms with Crippen LogP contribution in [0.4, 0.5) is 0 Å². The van der Waals surface area contributed by atoms with Gasteiger partial charge in [0.1, 0.15) is 5.76 Å². The molecule has 2 rings (SSSR count). The van der Waals surface area contributed by atoms with E-state index in [1.54, 1.807) is 36.4 Å². The van der Waals surface area contributed by atoms with Crippen molar-refractivity contribution in [3.05, 3.63) is 69.0 Å². The van der Waals surface area contributed by atoms with E-state index in [2.05, 4.69) is 0 Å². The fraction of sp³-hybridized carbons (Fsp3) is 0.0952. The smallest absolute Gasteiger partial charge is 0.182 e. The van der Waals surface area contributed by atoms with Crippen LogP contribution < -0.4 is 9.47 Å². The number of halogens is 1. The molecule has 2 aromatic carbocycles. The predicted molar refractivity (Wildman–Crippen MR) is 116 cm³/mol. The second-order valence-corrected chi connectivity index (χ2v) is 6.79. The number of ether oxygens (including phenoxy) is 2. The second-order valence-electron chi connectivity index (χ2n) is 5.62. The molecule has 2 aromatic rings. The van der Waals surface area contributed by atoms with Crippen LogP contribution in [0.5, 0.6) is 23.0 Å². The summed E-state index contributed by atoms with van der Waals surface area (Å²) in [5.41, 5.74) is 1.36. The Hall–Kier alpha value is -2.94. The van der Waals surface area contributed by atoms with Gasteiger partial charge in [-0.25, -0.2) is 0 Å². The molecule has 0 aliphatic rings. The Balaban J connectivity index is 2.09. The van der Waals surface area contributed by atoms with Gasteiger partial charge in [-0.2, -0.15) is 0 Å². The maximum atomic E-state index is 12.0. The van der Waals surface area contributed by atoms with Crippen LogP contribution in [0.2, 0.25) is 0 Å². The number of aliphatic hydroxyl groups is 1. The van der Waals surface area contributed by atoms with Crippen molar-refractivity contribution in [1.29, 1.82) is 0 Å². The Morgan fingerprint density at radius 2 is 1.61 bits per heavy atom. The Morgan fingerprint density at radius 3 is 2.29 bits per heavy atom. The molecule has 0 spiro atoms. The molecule has 0 bridgehead atoms. The van der Waals surface area contributed by atoms with E-state index >= 15 is 0 Å². The molecule has 146 valence electrons. The van der Waals surface area contributed by atoms with Crippen molar-refractivity contribution in [1.82, 2.24) is 0 Å². The van der Waals surface area contributed by atoms with Gasteiger partial charge in [-0.1, -0.05) is 18.2 Å². The van der Waals surface area contributed by atoms with Crippen LogP contribution in [0.1, 0.15) is 11.1 Å². The van der Waals surface area contributed by atoms with Gasteiger partial charge in [-0.15, -0.1) is 0 Å². The topological polar surface area (TPSA) is 96.2 Å². The molecular weight excluding hydrogens is 475 g/mol. The van der Waals surface area contributed by atoms with Crippen molar-refractivity contribution < 1.29 is 29.6 Å². The van der Waals surface area contributed by atoms with E-state index in [4.69, 9.17) is 9.47 Å². The summed E-state index contributed by atoms with van der Waals surface area (Å²) in [6.45, 7) is 0. The highest BCUT2D eigenvalue weighted by atomic mass is 127. The van der Waals surface area contributed by atoms with Gasteiger partial charge in [0, 0.05) is 6.08 Å². The van der Waals surface area contributed by atoms with Gasteiger partial charge in [0.15, 0.2) is 28.8 Å². The van der Waals surface area contributed by atoms with Crippen molar-refractivity contribution >= 4 is 40.5 Å². The number of rotatable bonds is 7. The van der Waals surface area contributed by atoms with E-state index in [-0.39, 0.29) is 17.3 Å². The van der Waals surface area contributed by atoms with E-state index in [1.165, 1.54) is 32.4 Å². The first-order valence-corrected chi connectivity index (χ1v) is 9.16. The minimum absolute atomic E-state index is 0.00850. The number of ketones is 1. The highest BCUT2D eigenvalue weighted by Gasteiger charge is 2.07. The molecule has 0 heterocycles. The Labute approximate surface area is 176 Å². The fourth-order valence-corrected chi connectivity index (χ4v) is 2.87. The number of hydrogen-bond donors (Lipinski definition) is 3. The molecule has 7 heteroatoms. The summed E-state index contributed by atoms with van der Waals surface area (Å²) < 4.78 is 10.7. The van der Waals surface area contributed by atoms with E-state index in [0.717, 1.165) is 6.08 Å². The molecule has 0 fully saturated rings. The Morgan fingerprint density at radius 1 is 0.964 bits per heavy atom. The third-order valence-electron chi connectivity index (χ3n) is 3.65. The molecule has 0 aromatic heterocycles. The number of methoxy groups -OCH3 is 2. The zero-order valence-corrected chi connectivity index (χ0v) is 17.4. The van der Waals surface area contributed by atoms with Crippen molar-refractivity contribution in [2.24, 2.45) is 0 Å². The summed E-state index contributed by atoms with van der Waals surface area (Å²) in [5, 5.41) is 29.3.